The van der Waals surface area contributed by atoms with Gasteiger partial charge in [-0.05, 0) is 66.0 Å². The fourth-order valence-electron chi connectivity index (χ4n) is 1.68. The molecular formula is C12H20BrO3PS. The third-order valence-corrected chi connectivity index (χ3v) is 6.45. The lowest BCUT2D eigenvalue weighted by Crippen LogP contribution is -2.00. The third kappa shape index (κ3) is 5.54. The Morgan fingerprint density at radius 2 is 1.94 bits per heavy atom. The van der Waals surface area contributed by atoms with Crippen molar-refractivity contribution in [2.75, 3.05) is 19.4 Å². The first-order valence-electron chi connectivity index (χ1n) is 6.21. The number of hydrogen-bond donors (Lipinski definition) is 0. The summed E-state index contributed by atoms with van der Waals surface area (Å²) in [6.07, 6.45) is 3.37. The molecule has 0 aromatic carbocycles. The van der Waals surface area contributed by atoms with Gasteiger partial charge in [0.15, 0.2) is 0 Å². The molecule has 0 atom stereocenters. The summed E-state index contributed by atoms with van der Waals surface area (Å²) in [5.74, 6) is 0. The molecule has 3 nitrogen and oxygen atoms in total. The van der Waals surface area contributed by atoms with E-state index in [1.54, 1.807) is 11.3 Å². The van der Waals surface area contributed by atoms with Crippen LogP contribution >= 0.6 is 34.9 Å². The van der Waals surface area contributed by atoms with E-state index in [0.29, 0.717) is 19.4 Å². The molecule has 0 spiro atoms. The topological polar surface area (TPSA) is 35.5 Å². The van der Waals surface area contributed by atoms with Crippen LogP contribution < -0.4 is 0 Å². The summed E-state index contributed by atoms with van der Waals surface area (Å²) in [6.45, 7) is 4.56. The van der Waals surface area contributed by atoms with Crippen molar-refractivity contribution >= 4 is 34.9 Å². The van der Waals surface area contributed by atoms with Crippen LogP contribution in [-0.4, -0.2) is 19.4 Å². The van der Waals surface area contributed by atoms with Gasteiger partial charge in [-0.25, -0.2) is 0 Å². The molecule has 6 heteroatoms. The quantitative estimate of drug-likeness (QED) is 0.457. The Bertz CT molecular complexity index is 384. The van der Waals surface area contributed by atoms with Gasteiger partial charge in [0.1, 0.15) is 0 Å². The van der Waals surface area contributed by atoms with Gasteiger partial charge in [0.25, 0.3) is 0 Å². The molecule has 1 aromatic heterocycles. The van der Waals surface area contributed by atoms with Crippen molar-refractivity contribution in [2.45, 2.75) is 33.1 Å². The summed E-state index contributed by atoms with van der Waals surface area (Å²) in [7, 11) is -2.85. The fourth-order valence-corrected chi connectivity index (χ4v) is 4.74. The smallest absolute Gasteiger partial charge is 0.309 e. The van der Waals surface area contributed by atoms with E-state index in [1.165, 1.54) is 9.35 Å². The lowest BCUT2D eigenvalue weighted by Gasteiger charge is -2.16. The summed E-state index contributed by atoms with van der Waals surface area (Å²) in [6, 6.07) is 2.12. The molecule has 104 valence electrons. The van der Waals surface area contributed by atoms with E-state index in [2.05, 4.69) is 27.4 Å². The highest BCUT2D eigenvalue weighted by Gasteiger charge is 2.22. The molecule has 0 unspecified atom stereocenters. The Morgan fingerprint density at radius 1 is 1.28 bits per heavy atom. The largest absolute Gasteiger partial charge is 0.330 e. The second kappa shape index (κ2) is 8.49. The van der Waals surface area contributed by atoms with E-state index in [-0.39, 0.29) is 0 Å². The monoisotopic (exact) mass is 354 g/mol. The van der Waals surface area contributed by atoms with Crippen LogP contribution in [0.25, 0.3) is 0 Å². The molecule has 0 radical (unpaired) electrons. The van der Waals surface area contributed by atoms with E-state index in [1.807, 2.05) is 13.8 Å². The van der Waals surface area contributed by atoms with Crippen LogP contribution in [0.1, 0.15) is 32.3 Å². The van der Waals surface area contributed by atoms with Crippen molar-refractivity contribution in [3.05, 3.63) is 20.8 Å². The van der Waals surface area contributed by atoms with Crippen LogP contribution in [0.15, 0.2) is 15.2 Å². The van der Waals surface area contributed by atoms with Gasteiger partial charge in [-0.15, -0.1) is 11.3 Å². The molecule has 0 saturated carbocycles. The first-order chi connectivity index (χ1) is 8.61. The summed E-state index contributed by atoms with van der Waals surface area (Å²) in [4.78, 5) is 0. The van der Waals surface area contributed by atoms with Crippen molar-refractivity contribution in [3.8, 4) is 0 Å². The maximum absolute atomic E-state index is 12.2. The van der Waals surface area contributed by atoms with Gasteiger partial charge in [0, 0.05) is 0 Å². The summed E-state index contributed by atoms with van der Waals surface area (Å²) < 4.78 is 23.9. The fraction of sp³-hybridized carbons (Fsp3) is 0.667. The van der Waals surface area contributed by atoms with Crippen LogP contribution in [0.5, 0.6) is 0 Å². The Balaban J connectivity index is 2.31. The number of rotatable bonds is 9. The van der Waals surface area contributed by atoms with Crippen LogP contribution in [0.4, 0.5) is 0 Å². The van der Waals surface area contributed by atoms with Gasteiger partial charge in [-0.2, -0.15) is 0 Å². The van der Waals surface area contributed by atoms with Crippen molar-refractivity contribution in [1.29, 1.82) is 0 Å². The Morgan fingerprint density at radius 3 is 2.44 bits per heavy atom. The van der Waals surface area contributed by atoms with Gasteiger partial charge in [0.05, 0.1) is 23.2 Å². The molecule has 0 aliphatic rings. The molecular weight excluding hydrogens is 335 g/mol. The molecule has 0 fully saturated rings. The summed E-state index contributed by atoms with van der Waals surface area (Å²) >= 11 is 5.22. The molecule has 0 aliphatic heterocycles. The zero-order chi connectivity index (χ0) is 13.4. The van der Waals surface area contributed by atoms with Crippen molar-refractivity contribution < 1.29 is 13.6 Å². The number of unbranched alkanes of at least 4 members (excludes halogenated alkanes) is 1. The van der Waals surface area contributed by atoms with Gasteiger partial charge in [0.2, 0.25) is 0 Å². The minimum absolute atomic E-state index is 0.438. The molecule has 0 aliphatic carbocycles. The normalized spacial score (nSPS) is 11.9. The average molecular weight is 355 g/mol. The van der Waals surface area contributed by atoms with E-state index in [0.717, 1.165) is 19.3 Å². The SMILES string of the molecule is CCOP(=O)(CCCCc1ccsc1Br)OCC. The number of aryl methyl sites for hydroxylation is 1. The first-order valence-corrected chi connectivity index (χ1v) is 9.61. The number of thiophene rings is 1. The molecule has 0 bridgehead atoms. The lowest BCUT2D eigenvalue weighted by molar-refractivity contribution is 0.219. The predicted octanol–water partition coefficient (Wildman–Crippen LogP) is 5.10. The minimum Gasteiger partial charge on any atom is -0.309 e. The van der Waals surface area contributed by atoms with Gasteiger partial charge >= 0.3 is 7.60 Å². The second-order valence-electron chi connectivity index (χ2n) is 3.85. The second-order valence-corrected chi connectivity index (χ2v) is 8.27. The molecule has 0 amide bonds. The maximum Gasteiger partial charge on any atom is 0.330 e. The van der Waals surface area contributed by atoms with Crippen molar-refractivity contribution in [1.82, 2.24) is 0 Å². The molecule has 0 N–H and O–H groups in total. The van der Waals surface area contributed by atoms with E-state index >= 15 is 0 Å². The maximum atomic E-state index is 12.2. The lowest BCUT2D eigenvalue weighted by atomic mass is 10.2. The zero-order valence-electron chi connectivity index (χ0n) is 10.9. The molecule has 18 heavy (non-hydrogen) atoms. The number of halogens is 1. The minimum atomic E-state index is -2.85. The van der Waals surface area contributed by atoms with Crippen LogP contribution in [-0.2, 0) is 20.0 Å². The van der Waals surface area contributed by atoms with E-state index in [4.69, 9.17) is 9.05 Å². The zero-order valence-corrected chi connectivity index (χ0v) is 14.2. The van der Waals surface area contributed by atoms with Crippen LogP contribution in [0.2, 0.25) is 0 Å². The van der Waals surface area contributed by atoms with E-state index < -0.39 is 7.60 Å². The highest BCUT2D eigenvalue weighted by Crippen LogP contribution is 2.48. The van der Waals surface area contributed by atoms with Crippen LogP contribution in [0, 0.1) is 0 Å². The van der Waals surface area contributed by atoms with Gasteiger partial charge in [-0.1, -0.05) is 0 Å². The standard InChI is InChI=1S/C12H20BrO3PS/c1-3-15-17(14,16-4-2)9-6-5-7-11-8-10-18-12(11)13/h8,10H,3-7,9H2,1-2H3. The molecule has 1 aromatic rings. The van der Waals surface area contributed by atoms with Crippen molar-refractivity contribution in [3.63, 3.8) is 0 Å². The molecule has 0 saturated heterocycles. The van der Waals surface area contributed by atoms with Gasteiger partial charge < -0.3 is 9.05 Å². The molecule has 1 heterocycles. The predicted molar refractivity (Wildman–Crippen MR) is 80.7 cm³/mol. The Kier molecular flexibility index (Phi) is 7.73. The van der Waals surface area contributed by atoms with Crippen molar-refractivity contribution in [2.24, 2.45) is 0 Å². The molecule has 1 rings (SSSR count). The first kappa shape index (κ1) is 16.4. The summed E-state index contributed by atoms with van der Waals surface area (Å²) in [5, 5.41) is 2.07. The summed E-state index contributed by atoms with van der Waals surface area (Å²) in [5.41, 5.74) is 1.32. The van der Waals surface area contributed by atoms with E-state index in [9.17, 15) is 4.57 Å². The third-order valence-electron chi connectivity index (χ3n) is 2.47. The Labute approximate surface area is 122 Å². The van der Waals surface area contributed by atoms with Crippen LogP contribution in [0.3, 0.4) is 0 Å². The number of hydrogen-bond acceptors (Lipinski definition) is 4. The van der Waals surface area contributed by atoms with Gasteiger partial charge in [-0.3, -0.25) is 4.57 Å². The average Bonchev–Trinajstić information content (AvgIpc) is 2.71. The highest BCUT2D eigenvalue weighted by atomic mass is 79.9. The highest BCUT2D eigenvalue weighted by molar-refractivity contribution is 9.11. The Hall–Kier alpha value is 0.330.